The van der Waals surface area contributed by atoms with Crippen molar-refractivity contribution in [2.24, 2.45) is 0 Å². The van der Waals surface area contributed by atoms with Gasteiger partial charge in [0.2, 0.25) is 0 Å². The summed E-state index contributed by atoms with van der Waals surface area (Å²) in [5.41, 5.74) is 3.95. The Morgan fingerprint density at radius 3 is 3.00 bits per heavy atom. The summed E-state index contributed by atoms with van der Waals surface area (Å²) in [6, 6.07) is 11.4. The SMILES string of the molecule is O=C(Nc1cccc2c1CNCC2)c1cc(Cl)ccc1I. The van der Waals surface area contributed by atoms with Crippen molar-refractivity contribution in [1.29, 1.82) is 0 Å². The van der Waals surface area contributed by atoms with E-state index in [0.29, 0.717) is 10.6 Å². The van der Waals surface area contributed by atoms with E-state index in [4.69, 9.17) is 11.6 Å². The first-order valence-electron chi connectivity index (χ1n) is 6.73. The Morgan fingerprint density at radius 2 is 2.14 bits per heavy atom. The highest BCUT2D eigenvalue weighted by Crippen LogP contribution is 2.25. The van der Waals surface area contributed by atoms with Gasteiger partial charge in [-0.2, -0.15) is 0 Å². The second-order valence-electron chi connectivity index (χ2n) is 4.95. The molecule has 1 amide bonds. The minimum atomic E-state index is -0.124. The van der Waals surface area contributed by atoms with Gasteiger partial charge in [-0.1, -0.05) is 23.7 Å². The summed E-state index contributed by atoms with van der Waals surface area (Å²) in [5, 5.41) is 6.92. The predicted molar refractivity (Wildman–Crippen MR) is 94.0 cm³/mol. The van der Waals surface area contributed by atoms with E-state index in [0.717, 1.165) is 28.8 Å². The van der Waals surface area contributed by atoms with Crippen LogP contribution in [0.25, 0.3) is 0 Å². The predicted octanol–water partition coefficient (Wildman–Crippen LogP) is 3.84. The number of carbonyl (C=O) groups is 1. The molecule has 21 heavy (non-hydrogen) atoms. The van der Waals surface area contributed by atoms with Crippen molar-refractivity contribution in [2.75, 3.05) is 11.9 Å². The van der Waals surface area contributed by atoms with E-state index in [1.54, 1.807) is 12.1 Å². The number of hydrogen-bond acceptors (Lipinski definition) is 2. The zero-order chi connectivity index (χ0) is 14.8. The maximum atomic E-state index is 12.5. The maximum Gasteiger partial charge on any atom is 0.256 e. The van der Waals surface area contributed by atoms with Gasteiger partial charge in [0.25, 0.3) is 5.91 Å². The standard InChI is InChI=1S/C16H14ClIN2O/c17-11-4-5-14(18)12(8-11)16(21)20-15-3-1-2-10-6-7-19-9-13(10)15/h1-5,8,19H,6-7,9H2,(H,20,21). The normalized spacial score (nSPS) is 13.6. The molecule has 2 N–H and O–H groups in total. The Balaban J connectivity index is 1.90. The number of nitrogens with one attached hydrogen (secondary N) is 2. The van der Waals surface area contributed by atoms with Gasteiger partial charge in [-0.05, 0) is 70.9 Å². The average Bonchev–Trinajstić information content (AvgIpc) is 2.50. The molecule has 5 heteroatoms. The summed E-state index contributed by atoms with van der Waals surface area (Å²) in [4.78, 5) is 12.5. The molecule has 1 aliphatic heterocycles. The van der Waals surface area contributed by atoms with Gasteiger partial charge in [0.05, 0.1) is 5.56 Å². The van der Waals surface area contributed by atoms with E-state index < -0.39 is 0 Å². The first-order valence-corrected chi connectivity index (χ1v) is 8.19. The van der Waals surface area contributed by atoms with Crippen LogP contribution in [0.5, 0.6) is 0 Å². The van der Waals surface area contributed by atoms with Crippen LogP contribution >= 0.6 is 34.2 Å². The summed E-state index contributed by atoms with van der Waals surface area (Å²) < 4.78 is 0.887. The molecule has 0 atom stereocenters. The number of amides is 1. The van der Waals surface area contributed by atoms with Crippen molar-refractivity contribution >= 4 is 45.8 Å². The van der Waals surface area contributed by atoms with Crippen molar-refractivity contribution in [1.82, 2.24) is 5.32 Å². The topological polar surface area (TPSA) is 41.1 Å². The number of carbonyl (C=O) groups excluding carboxylic acids is 1. The second-order valence-corrected chi connectivity index (χ2v) is 6.55. The summed E-state index contributed by atoms with van der Waals surface area (Å²) in [5.74, 6) is -0.124. The Morgan fingerprint density at radius 1 is 1.29 bits per heavy atom. The molecule has 0 radical (unpaired) electrons. The highest BCUT2D eigenvalue weighted by atomic mass is 127. The van der Waals surface area contributed by atoms with Crippen molar-refractivity contribution in [3.63, 3.8) is 0 Å². The quantitative estimate of drug-likeness (QED) is 0.736. The summed E-state index contributed by atoms with van der Waals surface area (Å²) in [6.45, 7) is 1.77. The van der Waals surface area contributed by atoms with E-state index >= 15 is 0 Å². The van der Waals surface area contributed by atoms with E-state index in [1.165, 1.54) is 11.1 Å². The average molecular weight is 413 g/mol. The fraction of sp³-hybridized carbons (Fsp3) is 0.188. The van der Waals surface area contributed by atoms with Crippen LogP contribution < -0.4 is 10.6 Å². The molecular formula is C16H14ClIN2O. The van der Waals surface area contributed by atoms with Crippen LogP contribution in [0.2, 0.25) is 5.02 Å². The van der Waals surface area contributed by atoms with Crippen molar-refractivity contribution in [3.8, 4) is 0 Å². The van der Waals surface area contributed by atoms with Crippen LogP contribution in [0.4, 0.5) is 5.69 Å². The molecule has 0 fully saturated rings. The van der Waals surface area contributed by atoms with E-state index in [9.17, 15) is 4.79 Å². The fourth-order valence-corrected chi connectivity index (χ4v) is 3.24. The maximum absolute atomic E-state index is 12.5. The van der Waals surface area contributed by atoms with E-state index in [-0.39, 0.29) is 5.91 Å². The van der Waals surface area contributed by atoms with Crippen LogP contribution in [-0.2, 0) is 13.0 Å². The zero-order valence-corrected chi connectivity index (χ0v) is 14.2. The smallest absolute Gasteiger partial charge is 0.256 e. The van der Waals surface area contributed by atoms with Crippen LogP contribution in [0.3, 0.4) is 0 Å². The molecule has 3 nitrogen and oxygen atoms in total. The lowest BCUT2D eigenvalue weighted by Crippen LogP contribution is -2.25. The summed E-state index contributed by atoms with van der Waals surface area (Å²) in [6.07, 6.45) is 0.994. The number of rotatable bonds is 2. The number of fused-ring (bicyclic) bond motifs is 1. The number of anilines is 1. The molecule has 1 heterocycles. The van der Waals surface area contributed by atoms with Gasteiger partial charge >= 0.3 is 0 Å². The summed E-state index contributed by atoms with van der Waals surface area (Å²) in [7, 11) is 0. The van der Waals surface area contributed by atoms with Crippen molar-refractivity contribution in [2.45, 2.75) is 13.0 Å². The first kappa shape index (κ1) is 14.8. The second kappa shape index (κ2) is 6.34. The molecule has 2 aromatic carbocycles. The molecule has 0 unspecified atom stereocenters. The van der Waals surface area contributed by atoms with Gasteiger partial charge in [-0.3, -0.25) is 4.79 Å². The first-order chi connectivity index (χ1) is 10.1. The van der Waals surface area contributed by atoms with Gasteiger partial charge in [-0.15, -0.1) is 0 Å². The lowest BCUT2D eigenvalue weighted by atomic mass is 9.99. The van der Waals surface area contributed by atoms with E-state index in [1.807, 2.05) is 18.2 Å². The van der Waals surface area contributed by atoms with Gasteiger partial charge in [0.1, 0.15) is 0 Å². The molecular weight excluding hydrogens is 399 g/mol. The third kappa shape index (κ3) is 3.22. The van der Waals surface area contributed by atoms with Gasteiger partial charge in [-0.25, -0.2) is 0 Å². The minimum Gasteiger partial charge on any atom is -0.322 e. The molecule has 0 spiro atoms. The Bertz CT molecular complexity index is 703. The number of halogens is 2. The Hall–Kier alpha value is -1.11. The van der Waals surface area contributed by atoms with Gasteiger partial charge < -0.3 is 10.6 Å². The molecule has 3 rings (SSSR count). The largest absolute Gasteiger partial charge is 0.322 e. The molecule has 0 saturated carbocycles. The van der Waals surface area contributed by atoms with Gasteiger partial charge in [0, 0.05) is 20.8 Å². The van der Waals surface area contributed by atoms with Crippen LogP contribution in [0, 0.1) is 3.57 Å². The highest BCUT2D eigenvalue weighted by molar-refractivity contribution is 14.1. The Labute approximate surface area is 142 Å². The van der Waals surface area contributed by atoms with Gasteiger partial charge in [0.15, 0.2) is 0 Å². The minimum absolute atomic E-state index is 0.124. The molecule has 0 bridgehead atoms. The van der Waals surface area contributed by atoms with E-state index in [2.05, 4.69) is 39.3 Å². The van der Waals surface area contributed by atoms with Crippen LogP contribution in [0.15, 0.2) is 36.4 Å². The molecule has 108 valence electrons. The number of benzene rings is 2. The van der Waals surface area contributed by atoms with Crippen molar-refractivity contribution in [3.05, 3.63) is 61.7 Å². The lowest BCUT2D eigenvalue weighted by molar-refractivity contribution is 0.102. The third-order valence-corrected chi connectivity index (χ3v) is 4.74. The lowest BCUT2D eigenvalue weighted by Gasteiger charge is -2.20. The number of hydrogen-bond donors (Lipinski definition) is 2. The third-order valence-electron chi connectivity index (χ3n) is 3.57. The van der Waals surface area contributed by atoms with Crippen LogP contribution in [0.1, 0.15) is 21.5 Å². The van der Waals surface area contributed by atoms with Crippen LogP contribution in [-0.4, -0.2) is 12.5 Å². The zero-order valence-electron chi connectivity index (χ0n) is 11.2. The molecule has 1 aliphatic rings. The highest BCUT2D eigenvalue weighted by Gasteiger charge is 2.16. The Kier molecular flexibility index (Phi) is 4.47. The monoisotopic (exact) mass is 412 g/mol. The summed E-state index contributed by atoms with van der Waals surface area (Å²) >= 11 is 8.13. The molecule has 0 aliphatic carbocycles. The molecule has 0 aromatic heterocycles. The van der Waals surface area contributed by atoms with Crippen molar-refractivity contribution < 1.29 is 4.79 Å². The fourth-order valence-electron chi connectivity index (χ4n) is 2.49. The molecule has 2 aromatic rings. The molecule has 0 saturated heterocycles.